The van der Waals surface area contributed by atoms with Crippen molar-refractivity contribution in [2.24, 2.45) is 5.92 Å². The number of aromatic nitrogens is 2. The van der Waals surface area contributed by atoms with Crippen molar-refractivity contribution in [1.29, 1.82) is 0 Å². The molecule has 2 N–H and O–H groups in total. The van der Waals surface area contributed by atoms with Crippen molar-refractivity contribution in [3.8, 4) is 5.69 Å². The Morgan fingerprint density at radius 3 is 2.31 bits per heavy atom. The van der Waals surface area contributed by atoms with Gasteiger partial charge in [-0.05, 0) is 87.4 Å². The average Bonchev–Trinajstić information content (AvgIpc) is 3.52. The number of furan rings is 1. The summed E-state index contributed by atoms with van der Waals surface area (Å²) in [6, 6.07) is 19.5. The molecule has 0 bridgehead atoms. The van der Waals surface area contributed by atoms with Crippen LogP contribution in [0, 0.1) is 26.7 Å². The summed E-state index contributed by atoms with van der Waals surface area (Å²) >= 11 is 0. The van der Waals surface area contributed by atoms with Gasteiger partial charge in [-0.25, -0.2) is 9.48 Å². The summed E-state index contributed by atoms with van der Waals surface area (Å²) < 4.78 is 7.43. The zero-order valence-electron chi connectivity index (χ0n) is 25.5. The van der Waals surface area contributed by atoms with Gasteiger partial charge in [0.05, 0.1) is 11.4 Å². The van der Waals surface area contributed by atoms with Crippen molar-refractivity contribution in [3.63, 3.8) is 0 Å². The maximum absolute atomic E-state index is 13.1. The van der Waals surface area contributed by atoms with Gasteiger partial charge in [0.25, 0.3) is 5.91 Å². The summed E-state index contributed by atoms with van der Waals surface area (Å²) in [6.07, 6.45) is 2.76. The van der Waals surface area contributed by atoms with Crippen molar-refractivity contribution in [1.82, 2.24) is 14.7 Å². The molecule has 8 nitrogen and oxygen atoms in total. The van der Waals surface area contributed by atoms with Crippen molar-refractivity contribution >= 4 is 23.4 Å². The smallest absolute Gasteiger partial charge is 0.324 e. The standard InChI is InChI=1S/C34H41N5O3/c1-22-10-12-28(13-11-22)39-31(21-30(37-39)34(4,5)6)36-33(41)35-27-9-7-8-26(20-27)19-25-14-16-38(17-15-25)32(40)29-18-23(2)24(3)42-29/h7-13,18,20-21,25H,14-17,19H2,1-6H3,(H2,35,36,41). The van der Waals surface area contributed by atoms with E-state index < -0.39 is 0 Å². The number of piperidine rings is 1. The molecule has 0 atom stereocenters. The summed E-state index contributed by atoms with van der Waals surface area (Å²) in [5, 5.41) is 10.8. The summed E-state index contributed by atoms with van der Waals surface area (Å²) in [7, 11) is 0. The predicted molar refractivity (Wildman–Crippen MR) is 167 cm³/mol. The van der Waals surface area contributed by atoms with E-state index in [-0.39, 0.29) is 17.4 Å². The number of rotatable bonds is 6. The maximum Gasteiger partial charge on any atom is 0.324 e. The lowest BCUT2D eigenvalue weighted by molar-refractivity contribution is 0.0657. The third kappa shape index (κ3) is 6.75. The third-order valence-electron chi connectivity index (χ3n) is 7.99. The van der Waals surface area contributed by atoms with Crippen molar-refractivity contribution in [3.05, 3.63) is 94.6 Å². The van der Waals surface area contributed by atoms with Crippen LogP contribution in [0.4, 0.5) is 16.3 Å². The number of anilines is 2. The first-order valence-corrected chi connectivity index (χ1v) is 14.7. The Bertz CT molecular complexity index is 1550. The van der Waals surface area contributed by atoms with Gasteiger partial charge in [-0.1, -0.05) is 50.6 Å². The minimum absolute atomic E-state index is 0.0276. The van der Waals surface area contributed by atoms with Gasteiger partial charge in [-0.2, -0.15) is 5.10 Å². The molecule has 5 rings (SSSR count). The van der Waals surface area contributed by atoms with Crippen LogP contribution in [-0.4, -0.2) is 39.7 Å². The fraction of sp³-hybridized carbons (Fsp3) is 0.382. The van der Waals surface area contributed by atoms with Gasteiger partial charge in [0.2, 0.25) is 0 Å². The van der Waals surface area contributed by atoms with Gasteiger partial charge in [0.1, 0.15) is 11.6 Å². The number of amides is 3. The Balaban J connectivity index is 1.20. The Morgan fingerprint density at radius 1 is 0.952 bits per heavy atom. The highest BCUT2D eigenvalue weighted by Gasteiger charge is 2.26. The Kier molecular flexibility index (Phi) is 8.25. The molecule has 1 saturated heterocycles. The van der Waals surface area contributed by atoms with Crippen LogP contribution in [0.25, 0.3) is 5.69 Å². The molecule has 0 radical (unpaired) electrons. The third-order valence-corrected chi connectivity index (χ3v) is 7.99. The predicted octanol–water partition coefficient (Wildman–Crippen LogP) is 7.43. The highest BCUT2D eigenvalue weighted by molar-refractivity contribution is 5.99. The lowest BCUT2D eigenvalue weighted by Crippen LogP contribution is -2.38. The number of urea groups is 1. The van der Waals surface area contributed by atoms with Crippen LogP contribution in [0.5, 0.6) is 0 Å². The molecule has 220 valence electrons. The normalized spacial score (nSPS) is 14.2. The first-order chi connectivity index (χ1) is 20.0. The summed E-state index contributed by atoms with van der Waals surface area (Å²) in [4.78, 5) is 27.9. The van der Waals surface area contributed by atoms with Crippen LogP contribution in [-0.2, 0) is 11.8 Å². The van der Waals surface area contributed by atoms with Crippen LogP contribution >= 0.6 is 0 Å². The van der Waals surface area contributed by atoms with Crippen molar-refractivity contribution < 1.29 is 14.0 Å². The molecule has 1 aliphatic heterocycles. The monoisotopic (exact) mass is 567 g/mol. The first kappa shape index (κ1) is 29.2. The second-order valence-corrected chi connectivity index (χ2v) is 12.5. The molecule has 2 aromatic carbocycles. The Morgan fingerprint density at radius 2 is 1.67 bits per heavy atom. The molecule has 0 saturated carbocycles. The van der Waals surface area contributed by atoms with E-state index in [9.17, 15) is 9.59 Å². The minimum atomic E-state index is -0.323. The van der Waals surface area contributed by atoms with Crippen LogP contribution in [0.15, 0.2) is 65.1 Å². The molecular formula is C34H41N5O3. The number of hydrogen-bond donors (Lipinski definition) is 2. The zero-order chi connectivity index (χ0) is 30.0. The lowest BCUT2D eigenvalue weighted by Gasteiger charge is -2.31. The SMILES string of the molecule is Cc1ccc(-n2nc(C(C)(C)C)cc2NC(=O)Nc2cccc(CC3CCN(C(=O)c4cc(C)c(C)o4)CC3)c2)cc1. The second-order valence-electron chi connectivity index (χ2n) is 12.5. The minimum Gasteiger partial charge on any atom is -0.456 e. The van der Waals surface area contributed by atoms with Gasteiger partial charge >= 0.3 is 6.03 Å². The fourth-order valence-electron chi connectivity index (χ4n) is 5.28. The van der Waals surface area contributed by atoms with E-state index in [0.29, 0.717) is 30.6 Å². The fourth-order valence-corrected chi connectivity index (χ4v) is 5.28. The van der Waals surface area contributed by atoms with E-state index in [2.05, 4.69) is 37.5 Å². The quantitative estimate of drug-likeness (QED) is 0.253. The number of carbonyl (C=O) groups excluding carboxylic acids is 2. The number of aryl methyl sites for hydroxylation is 3. The van der Waals surface area contributed by atoms with E-state index in [1.807, 2.05) is 80.3 Å². The van der Waals surface area contributed by atoms with E-state index in [1.54, 1.807) is 4.68 Å². The molecule has 1 aliphatic rings. The molecule has 4 aromatic rings. The van der Waals surface area contributed by atoms with Crippen molar-refractivity contribution in [2.75, 3.05) is 23.7 Å². The summed E-state index contributed by atoms with van der Waals surface area (Å²) in [6.45, 7) is 13.6. The molecule has 0 spiro atoms. The Labute approximate surface area is 248 Å². The van der Waals surface area contributed by atoms with Gasteiger partial charge in [0, 0.05) is 30.3 Å². The number of likely N-dealkylation sites (tertiary alicyclic amines) is 1. The molecule has 0 unspecified atom stereocenters. The van der Waals surface area contributed by atoms with E-state index in [1.165, 1.54) is 0 Å². The number of nitrogens with one attached hydrogen (secondary N) is 2. The molecule has 0 aliphatic carbocycles. The molecule has 3 heterocycles. The van der Waals surface area contributed by atoms with Gasteiger partial charge in [-0.15, -0.1) is 0 Å². The zero-order valence-corrected chi connectivity index (χ0v) is 25.5. The van der Waals surface area contributed by atoms with Crippen molar-refractivity contribution in [2.45, 2.75) is 66.2 Å². The molecule has 3 amide bonds. The number of carbonyl (C=O) groups is 2. The maximum atomic E-state index is 13.1. The number of hydrogen-bond acceptors (Lipinski definition) is 4. The Hall–Kier alpha value is -4.33. The topological polar surface area (TPSA) is 92.4 Å². The van der Waals surface area contributed by atoms with Crippen LogP contribution in [0.2, 0.25) is 0 Å². The number of benzene rings is 2. The summed E-state index contributed by atoms with van der Waals surface area (Å²) in [5.41, 5.74) is 5.66. The van der Waals surface area contributed by atoms with Crippen LogP contribution in [0.1, 0.15) is 72.3 Å². The molecular weight excluding hydrogens is 526 g/mol. The number of nitrogens with zero attached hydrogens (tertiary/aromatic N) is 3. The first-order valence-electron chi connectivity index (χ1n) is 14.7. The summed E-state index contributed by atoms with van der Waals surface area (Å²) in [5.74, 6) is 2.27. The van der Waals surface area contributed by atoms with Gasteiger partial charge < -0.3 is 14.6 Å². The van der Waals surface area contributed by atoms with E-state index in [4.69, 9.17) is 9.52 Å². The highest BCUT2D eigenvalue weighted by atomic mass is 16.4. The molecule has 2 aromatic heterocycles. The van der Waals surface area contributed by atoms with Crippen LogP contribution < -0.4 is 10.6 Å². The second kappa shape index (κ2) is 11.9. The highest BCUT2D eigenvalue weighted by Crippen LogP contribution is 2.28. The van der Waals surface area contributed by atoms with E-state index >= 15 is 0 Å². The van der Waals surface area contributed by atoms with Crippen LogP contribution in [0.3, 0.4) is 0 Å². The average molecular weight is 568 g/mol. The molecule has 1 fully saturated rings. The molecule has 8 heteroatoms. The molecule has 42 heavy (non-hydrogen) atoms. The lowest BCUT2D eigenvalue weighted by atomic mass is 9.90. The van der Waals surface area contributed by atoms with Gasteiger partial charge in [-0.3, -0.25) is 10.1 Å². The van der Waals surface area contributed by atoms with E-state index in [0.717, 1.165) is 58.8 Å². The van der Waals surface area contributed by atoms with Gasteiger partial charge in [0.15, 0.2) is 5.76 Å². The largest absolute Gasteiger partial charge is 0.456 e.